The number of nitrogens with one attached hydrogen (secondary N) is 1. The lowest BCUT2D eigenvalue weighted by atomic mass is 10.1. The van der Waals surface area contributed by atoms with Gasteiger partial charge in [0.2, 0.25) is 0 Å². The van der Waals surface area contributed by atoms with Crippen molar-refractivity contribution in [1.82, 2.24) is 10.3 Å². The van der Waals surface area contributed by atoms with Gasteiger partial charge in [0, 0.05) is 48.8 Å². The van der Waals surface area contributed by atoms with Crippen molar-refractivity contribution in [2.24, 2.45) is 0 Å². The van der Waals surface area contributed by atoms with E-state index in [1.165, 1.54) is 22.4 Å². The number of rotatable bonds is 3. The molecule has 2 heterocycles. The van der Waals surface area contributed by atoms with Gasteiger partial charge in [0.25, 0.3) is 0 Å². The largest absolute Gasteiger partial charge is 0.362 e. The van der Waals surface area contributed by atoms with Crippen molar-refractivity contribution in [2.75, 3.05) is 4.90 Å². The highest BCUT2D eigenvalue weighted by Crippen LogP contribution is 2.30. The van der Waals surface area contributed by atoms with Crippen molar-refractivity contribution >= 4 is 5.69 Å². The third kappa shape index (κ3) is 3.24. The van der Waals surface area contributed by atoms with Crippen LogP contribution in [0.3, 0.4) is 0 Å². The first-order chi connectivity index (χ1) is 10.0. The Kier molecular flexibility index (Phi) is 3.68. The number of anilines is 1. The molecule has 0 saturated carbocycles. The minimum absolute atomic E-state index is 0.112. The second-order valence-corrected chi connectivity index (χ2v) is 6.73. The second-order valence-electron chi connectivity index (χ2n) is 6.73. The summed E-state index contributed by atoms with van der Waals surface area (Å²) in [6, 6.07) is 10.8. The lowest BCUT2D eigenvalue weighted by Gasteiger charge is -2.25. The molecule has 0 saturated heterocycles. The normalized spacial score (nSPS) is 14.3. The fraction of sp³-hybridized carbons (Fsp3) is 0.389. The van der Waals surface area contributed by atoms with Crippen molar-refractivity contribution in [2.45, 2.75) is 45.9 Å². The van der Waals surface area contributed by atoms with Gasteiger partial charge in [-0.25, -0.2) is 0 Å². The third-order valence-corrected chi connectivity index (χ3v) is 3.87. The first-order valence-corrected chi connectivity index (χ1v) is 7.52. The quantitative estimate of drug-likeness (QED) is 0.933. The maximum Gasteiger partial charge on any atom is 0.0448 e. The summed E-state index contributed by atoms with van der Waals surface area (Å²) in [5, 5.41) is 3.56. The number of benzene rings is 1. The van der Waals surface area contributed by atoms with Crippen LogP contribution in [-0.2, 0) is 19.6 Å². The van der Waals surface area contributed by atoms with E-state index in [1.807, 2.05) is 12.4 Å². The van der Waals surface area contributed by atoms with E-state index in [-0.39, 0.29) is 5.54 Å². The van der Waals surface area contributed by atoms with Crippen molar-refractivity contribution in [3.8, 4) is 0 Å². The highest BCUT2D eigenvalue weighted by atomic mass is 15.2. The summed E-state index contributed by atoms with van der Waals surface area (Å²) in [7, 11) is 0. The molecule has 0 amide bonds. The highest BCUT2D eigenvalue weighted by Gasteiger charge is 2.21. The summed E-state index contributed by atoms with van der Waals surface area (Å²) in [4.78, 5) is 6.74. The maximum absolute atomic E-state index is 4.30. The predicted molar refractivity (Wildman–Crippen MR) is 87.2 cm³/mol. The molecule has 1 aliphatic rings. The van der Waals surface area contributed by atoms with E-state index in [0.717, 1.165) is 19.6 Å². The lowest BCUT2D eigenvalue weighted by molar-refractivity contribution is 0.424. The summed E-state index contributed by atoms with van der Waals surface area (Å²) >= 11 is 0. The Hall–Kier alpha value is -1.87. The number of hydrogen-bond donors (Lipinski definition) is 1. The Morgan fingerprint density at radius 3 is 2.38 bits per heavy atom. The smallest absolute Gasteiger partial charge is 0.0448 e. The minimum atomic E-state index is 0.112. The summed E-state index contributed by atoms with van der Waals surface area (Å²) in [5.41, 5.74) is 5.53. The molecule has 1 aromatic heterocycles. The lowest BCUT2D eigenvalue weighted by Crippen LogP contribution is -2.35. The van der Waals surface area contributed by atoms with Gasteiger partial charge in [-0.2, -0.15) is 0 Å². The third-order valence-electron chi connectivity index (χ3n) is 3.87. The SMILES string of the molecule is CC(C)(C)NCc1cnccc1N1Cc2ccccc2C1. The molecule has 0 unspecified atom stereocenters. The zero-order valence-electron chi connectivity index (χ0n) is 13.1. The van der Waals surface area contributed by atoms with Gasteiger partial charge in [0.1, 0.15) is 0 Å². The molecule has 0 radical (unpaired) electrons. The van der Waals surface area contributed by atoms with Gasteiger partial charge in [-0.15, -0.1) is 0 Å². The molecule has 1 aromatic carbocycles. The summed E-state index contributed by atoms with van der Waals surface area (Å²) in [6.45, 7) is 9.39. The van der Waals surface area contributed by atoms with Crippen LogP contribution in [0.5, 0.6) is 0 Å². The fourth-order valence-corrected chi connectivity index (χ4v) is 2.73. The van der Waals surface area contributed by atoms with Crippen LogP contribution in [0.2, 0.25) is 0 Å². The molecule has 21 heavy (non-hydrogen) atoms. The molecule has 1 aliphatic heterocycles. The van der Waals surface area contributed by atoms with Crippen molar-refractivity contribution in [1.29, 1.82) is 0 Å². The Bertz CT molecular complexity index is 603. The van der Waals surface area contributed by atoms with Crippen molar-refractivity contribution < 1.29 is 0 Å². The Balaban J connectivity index is 1.81. The summed E-state index contributed by atoms with van der Waals surface area (Å²) in [5.74, 6) is 0. The number of aromatic nitrogens is 1. The number of fused-ring (bicyclic) bond motifs is 1. The fourth-order valence-electron chi connectivity index (χ4n) is 2.73. The van der Waals surface area contributed by atoms with Gasteiger partial charge in [-0.3, -0.25) is 4.98 Å². The summed E-state index contributed by atoms with van der Waals surface area (Å²) < 4.78 is 0. The highest BCUT2D eigenvalue weighted by molar-refractivity contribution is 5.56. The second kappa shape index (κ2) is 5.49. The van der Waals surface area contributed by atoms with Crippen LogP contribution in [0, 0.1) is 0 Å². The topological polar surface area (TPSA) is 28.2 Å². The summed E-state index contributed by atoms with van der Waals surface area (Å²) in [6.07, 6.45) is 3.87. The van der Waals surface area contributed by atoms with E-state index in [9.17, 15) is 0 Å². The molecule has 3 nitrogen and oxygen atoms in total. The molecule has 110 valence electrons. The zero-order valence-corrected chi connectivity index (χ0v) is 13.1. The van der Waals surface area contributed by atoms with E-state index < -0.39 is 0 Å². The molecule has 0 fully saturated rings. The molecule has 0 aliphatic carbocycles. The molecule has 3 rings (SSSR count). The zero-order chi connectivity index (χ0) is 14.9. The Morgan fingerprint density at radius 1 is 1.10 bits per heavy atom. The number of pyridine rings is 1. The molecule has 0 atom stereocenters. The molecular formula is C18H23N3. The first-order valence-electron chi connectivity index (χ1n) is 7.52. The van der Waals surface area contributed by atoms with Crippen LogP contribution < -0.4 is 10.2 Å². The Labute approximate surface area is 127 Å². The van der Waals surface area contributed by atoms with E-state index in [4.69, 9.17) is 0 Å². The van der Waals surface area contributed by atoms with Gasteiger partial charge in [0.15, 0.2) is 0 Å². The van der Waals surface area contributed by atoms with Crippen LogP contribution in [-0.4, -0.2) is 10.5 Å². The molecule has 0 bridgehead atoms. The van der Waals surface area contributed by atoms with E-state index >= 15 is 0 Å². The molecule has 2 aromatic rings. The number of hydrogen-bond acceptors (Lipinski definition) is 3. The minimum Gasteiger partial charge on any atom is -0.362 e. The predicted octanol–water partition coefficient (Wildman–Crippen LogP) is 3.49. The molecular weight excluding hydrogens is 258 g/mol. The average molecular weight is 281 g/mol. The van der Waals surface area contributed by atoms with Crippen LogP contribution in [0.15, 0.2) is 42.7 Å². The van der Waals surface area contributed by atoms with Crippen molar-refractivity contribution in [3.05, 3.63) is 59.4 Å². The van der Waals surface area contributed by atoms with E-state index in [2.05, 4.69) is 66.3 Å². The Morgan fingerprint density at radius 2 is 1.76 bits per heavy atom. The van der Waals surface area contributed by atoms with Gasteiger partial charge < -0.3 is 10.2 Å². The van der Waals surface area contributed by atoms with Crippen LogP contribution in [0.25, 0.3) is 0 Å². The molecule has 1 N–H and O–H groups in total. The first kappa shape index (κ1) is 14.1. The van der Waals surface area contributed by atoms with Gasteiger partial charge >= 0.3 is 0 Å². The van der Waals surface area contributed by atoms with Gasteiger partial charge in [-0.05, 0) is 38.0 Å². The molecule has 3 heteroatoms. The van der Waals surface area contributed by atoms with Crippen LogP contribution >= 0.6 is 0 Å². The standard InChI is InChI=1S/C18H23N3/c1-18(2,3)20-11-16-10-19-9-8-17(16)21-12-14-6-4-5-7-15(14)13-21/h4-10,20H,11-13H2,1-3H3. The van der Waals surface area contributed by atoms with Crippen LogP contribution in [0.4, 0.5) is 5.69 Å². The van der Waals surface area contributed by atoms with Crippen molar-refractivity contribution in [3.63, 3.8) is 0 Å². The average Bonchev–Trinajstić information content (AvgIpc) is 2.88. The van der Waals surface area contributed by atoms with E-state index in [0.29, 0.717) is 0 Å². The van der Waals surface area contributed by atoms with E-state index in [1.54, 1.807) is 0 Å². The van der Waals surface area contributed by atoms with Gasteiger partial charge in [0.05, 0.1) is 0 Å². The maximum atomic E-state index is 4.30. The molecule has 0 spiro atoms. The van der Waals surface area contributed by atoms with Crippen LogP contribution in [0.1, 0.15) is 37.5 Å². The number of nitrogens with zero attached hydrogens (tertiary/aromatic N) is 2. The monoisotopic (exact) mass is 281 g/mol. The van der Waals surface area contributed by atoms with Gasteiger partial charge in [-0.1, -0.05) is 24.3 Å².